The lowest BCUT2D eigenvalue weighted by Gasteiger charge is -2.28. The third-order valence-corrected chi connectivity index (χ3v) is 8.30. The maximum absolute atomic E-state index is 6.66. The molecule has 4 heteroatoms. The highest BCUT2D eigenvalue weighted by Gasteiger charge is 2.25. The van der Waals surface area contributed by atoms with E-state index in [0.29, 0.717) is 6.42 Å². The molecule has 0 aliphatic heterocycles. The van der Waals surface area contributed by atoms with Crippen molar-refractivity contribution in [2.24, 2.45) is 11.5 Å². The topological polar surface area (TPSA) is 90.1 Å². The van der Waals surface area contributed by atoms with Crippen LogP contribution in [-0.4, -0.2) is 0 Å². The van der Waals surface area contributed by atoms with E-state index in [0.717, 1.165) is 34.7 Å². The first-order valence-corrected chi connectivity index (χ1v) is 14.0. The second-order valence-corrected chi connectivity index (χ2v) is 11.1. The number of benzene rings is 5. The second kappa shape index (κ2) is 9.84. The molecule has 0 radical (unpaired) electrons. The lowest BCUT2D eigenvalue weighted by atomic mass is 9.83. The minimum absolute atomic E-state index is 0.507. The number of allylic oxidation sites excluding steroid dienone is 1. The Labute approximate surface area is 240 Å². The van der Waals surface area contributed by atoms with E-state index in [1.165, 1.54) is 44.5 Å². The van der Waals surface area contributed by atoms with E-state index in [1.54, 1.807) is 0 Å². The van der Waals surface area contributed by atoms with Crippen molar-refractivity contribution in [3.05, 3.63) is 150 Å². The molecular weight excluding hydrogens is 500 g/mol. The van der Waals surface area contributed by atoms with Crippen LogP contribution in [0.25, 0.3) is 33.4 Å². The molecule has 0 bridgehead atoms. The quantitative estimate of drug-likeness (QED) is 0.170. The van der Waals surface area contributed by atoms with Crippen molar-refractivity contribution >= 4 is 17.1 Å². The molecule has 2 aliphatic carbocycles. The van der Waals surface area contributed by atoms with E-state index in [4.69, 9.17) is 17.2 Å². The van der Waals surface area contributed by atoms with Crippen LogP contribution in [0.4, 0.5) is 17.1 Å². The summed E-state index contributed by atoms with van der Waals surface area (Å²) in [6.45, 7) is 0. The summed E-state index contributed by atoms with van der Waals surface area (Å²) in [5.41, 5.74) is 32.8. The van der Waals surface area contributed by atoms with Crippen LogP contribution >= 0.6 is 0 Å². The Morgan fingerprint density at radius 2 is 1.10 bits per heavy atom. The third-order valence-electron chi connectivity index (χ3n) is 8.30. The molecule has 1 unspecified atom stereocenters. The summed E-state index contributed by atoms with van der Waals surface area (Å²) >= 11 is 0. The van der Waals surface area contributed by atoms with Crippen LogP contribution in [0.2, 0.25) is 0 Å². The van der Waals surface area contributed by atoms with E-state index in [2.05, 4.69) is 90.2 Å². The fraction of sp³-hybridized carbons (Fsp3) is 0.0811. The molecule has 0 fully saturated rings. The minimum atomic E-state index is -0.507. The number of fused-ring (bicyclic) bond motifs is 3. The molecule has 0 aromatic heterocycles. The zero-order valence-electron chi connectivity index (χ0n) is 22.8. The van der Waals surface area contributed by atoms with Crippen LogP contribution in [0.1, 0.15) is 23.1 Å². The smallest absolute Gasteiger partial charge is 0.0634 e. The molecule has 0 saturated heterocycles. The predicted octanol–water partition coefficient (Wildman–Crippen LogP) is 7.87. The fourth-order valence-corrected chi connectivity index (χ4v) is 5.90. The Morgan fingerprint density at radius 1 is 0.585 bits per heavy atom. The fourth-order valence-electron chi connectivity index (χ4n) is 5.90. The Hall–Kier alpha value is -5.06. The zero-order chi connectivity index (χ0) is 28.0. The summed E-state index contributed by atoms with van der Waals surface area (Å²) in [5.74, 6) is 0. The van der Waals surface area contributed by atoms with Gasteiger partial charge in [0.2, 0.25) is 0 Å². The molecule has 1 atom stereocenters. The maximum Gasteiger partial charge on any atom is 0.0634 e. The highest BCUT2D eigenvalue weighted by atomic mass is 14.9. The summed E-state index contributed by atoms with van der Waals surface area (Å²) in [5, 5.41) is 3.43. The number of hydrogen-bond acceptors (Lipinski definition) is 4. The van der Waals surface area contributed by atoms with Crippen LogP contribution in [0.15, 0.2) is 133 Å². The number of hydrogen-bond donors (Lipinski definition) is 4. The predicted molar refractivity (Wildman–Crippen MR) is 172 cm³/mol. The highest BCUT2D eigenvalue weighted by molar-refractivity contribution is 5.83. The number of nitrogens with one attached hydrogen (secondary N) is 1. The minimum Gasteiger partial charge on any atom is -0.399 e. The molecule has 2 aliphatic rings. The monoisotopic (exact) mass is 532 g/mol. The number of nitrogen functional groups attached to an aromatic ring is 1. The lowest BCUT2D eigenvalue weighted by Crippen LogP contribution is -2.35. The standard InChI is InChI=1S/C37H32N4/c38-31-9-13-34(14-10-31)41-33-11-3-25(4-12-33)27-6-16-36-29(22-27)23-28-21-26(5-15-35(28)36)24-1-7-30(8-2-24)37(40)19-17-32(39)18-20-37/h1-19,21-22,41H,20,23,38-40H2. The van der Waals surface area contributed by atoms with E-state index in [9.17, 15) is 0 Å². The van der Waals surface area contributed by atoms with Gasteiger partial charge in [0.1, 0.15) is 0 Å². The molecule has 4 nitrogen and oxygen atoms in total. The molecular formula is C37H32N4. The van der Waals surface area contributed by atoms with Gasteiger partial charge in [-0.05, 0) is 105 Å². The van der Waals surface area contributed by atoms with Crippen molar-refractivity contribution in [1.82, 2.24) is 0 Å². The Bertz CT molecular complexity index is 1810. The van der Waals surface area contributed by atoms with Crippen LogP contribution in [0, 0.1) is 0 Å². The molecule has 0 amide bonds. The molecule has 0 saturated carbocycles. The number of nitrogens with two attached hydrogens (primary N) is 3. The Morgan fingerprint density at radius 3 is 1.63 bits per heavy atom. The van der Waals surface area contributed by atoms with Crippen molar-refractivity contribution in [3.63, 3.8) is 0 Å². The molecule has 0 heterocycles. The summed E-state index contributed by atoms with van der Waals surface area (Å²) in [6, 6.07) is 38.7. The normalized spacial score (nSPS) is 17.0. The average molecular weight is 533 g/mol. The van der Waals surface area contributed by atoms with Gasteiger partial charge < -0.3 is 22.5 Å². The molecule has 41 heavy (non-hydrogen) atoms. The molecule has 5 aromatic rings. The second-order valence-electron chi connectivity index (χ2n) is 11.1. The van der Waals surface area contributed by atoms with E-state index >= 15 is 0 Å². The summed E-state index contributed by atoms with van der Waals surface area (Å²) in [6.07, 6.45) is 7.54. The van der Waals surface area contributed by atoms with Crippen LogP contribution < -0.4 is 22.5 Å². The van der Waals surface area contributed by atoms with Crippen molar-refractivity contribution < 1.29 is 0 Å². The summed E-state index contributed by atoms with van der Waals surface area (Å²) < 4.78 is 0. The van der Waals surface area contributed by atoms with Crippen LogP contribution in [0.3, 0.4) is 0 Å². The van der Waals surface area contributed by atoms with Gasteiger partial charge in [0, 0.05) is 22.8 Å². The summed E-state index contributed by atoms with van der Waals surface area (Å²) in [7, 11) is 0. The van der Waals surface area contributed by atoms with Crippen molar-refractivity contribution in [3.8, 4) is 33.4 Å². The summed E-state index contributed by atoms with van der Waals surface area (Å²) in [4.78, 5) is 0. The molecule has 5 aromatic carbocycles. The first-order chi connectivity index (χ1) is 19.9. The van der Waals surface area contributed by atoms with Gasteiger partial charge >= 0.3 is 0 Å². The number of rotatable bonds is 5. The average Bonchev–Trinajstić information content (AvgIpc) is 3.37. The van der Waals surface area contributed by atoms with Gasteiger partial charge in [0.15, 0.2) is 0 Å². The Kier molecular flexibility index (Phi) is 5.99. The van der Waals surface area contributed by atoms with Gasteiger partial charge in [-0.15, -0.1) is 0 Å². The van der Waals surface area contributed by atoms with Gasteiger partial charge in [-0.1, -0.05) is 84.9 Å². The highest BCUT2D eigenvalue weighted by Crippen LogP contribution is 2.41. The first-order valence-electron chi connectivity index (χ1n) is 14.0. The largest absolute Gasteiger partial charge is 0.399 e. The van der Waals surface area contributed by atoms with Crippen LogP contribution in [-0.2, 0) is 12.0 Å². The Balaban J connectivity index is 1.08. The first kappa shape index (κ1) is 24.9. The van der Waals surface area contributed by atoms with Gasteiger partial charge in [0.05, 0.1) is 5.54 Å². The van der Waals surface area contributed by atoms with E-state index in [1.807, 2.05) is 42.5 Å². The molecule has 7 N–H and O–H groups in total. The molecule has 0 spiro atoms. The maximum atomic E-state index is 6.66. The van der Waals surface area contributed by atoms with Gasteiger partial charge in [-0.3, -0.25) is 0 Å². The van der Waals surface area contributed by atoms with E-state index in [-0.39, 0.29) is 0 Å². The molecule has 200 valence electrons. The SMILES string of the molecule is NC1=CCC(N)(c2ccc(-c3ccc4c(c3)Cc3cc(-c5ccc(Nc6ccc(N)cc6)cc5)ccc3-4)cc2)C=C1. The third kappa shape index (κ3) is 4.79. The lowest BCUT2D eigenvalue weighted by molar-refractivity contribution is 0.562. The molecule has 7 rings (SSSR count). The van der Waals surface area contributed by atoms with Crippen molar-refractivity contribution in [1.29, 1.82) is 0 Å². The van der Waals surface area contributed by atoms with Crippen LogP contribution in [0.5, 0.6) is 0 Å². The zero-order valence-corrected chi connectivity index (χ0v) is 22.8. The number of anilines is 3. The van der Waals surface area contributed by atoms with Gasteiger partial charge in [-0.2, -0.15) is 0 Å². The van der Waals surface area contributed by atoms with Gasteiger partial charge in [-0.25, -0.2) is 0 Å². The van der Waals surface area contributed by atoms with Crippen molar-refractivity contribution in [2.45, 2.75) is 18.4 Å². The van der Waals surface area contributed by atoms with Crippen molar-refractivity contribution in [2.75, 3.05) is 11.1 Å². The van der Waals surface area contributed by atoms with Gasteiger partial charge in [0.25, 0.3) is 0 Å². The van der Waals surface area contributed by atoms with E-state index < -0.39 is 5.54 Å².